The zero-order valence-electron chi connectivity index (χ0n) is 9.39. The predicted octanol–water partition coefficient (Wildman–Crippen LogP) is 3.45. The number of hydrazine groups is 1. The molecular weight excluding hydrogens is 252 g/mol. The number of aryl methyl sites for hydroxylation is 1. The highest BCUT2D eigenvalue weighted by Crippen LogP contribution is 2.23. The van der Waals surface area contributed by atoms with Gasteiger partial charge in [0.05, 0.1) is 0 Å². The minimum absolute atomic E-state index is 0.265. The number of hydrogen-bond donors (Lipinski definition) is 2. The molecule has 0 saturated carbocycles. The third kappa shape index (κ3) is 3.93. The Morgan fingerprint density at radius 2 is 2.13 bits per heavy atom. The summed E-state index contributed by atoms with van der Waals surface area (Å²) in [4.78, 5) is 0. The first-order valence-corrected chi connectivity index (χ1v) is 6.20. The van der Waals surface area contributed by atoms with Crippen LogP contribution in [0.3, 0.4) is 0 Å². The van der Waals surface area contributed by atoms with Gasteiger partial charge in [-0.2, -0.15) is 0 Å². The molecule has 1 rings (SSSR count). The normalized spacial score (nSPS) is 12.8. The van der Waals surface area contributed by atoms with Crippen LogP contribution in [-0.4, -0.2) is 0 Å². The molecule has 0 saturated heterocycles. The Kier molecular flexibility index (Phi) is 5.29. The number of hydrogen-bond acceptors (Lipinski definition) is 2. The molecule has 3 heteroatoms. The fourth-order valence-electron chi connectivity index (χ4n) is 1.72. The third-order valence-corrected chi connectivity index (χ3v) is 2.97. The smallest absolute Gasteiger partial charge is 0.0460 e. The maximum atomic E-state index is 5.58. The lowest BCUT2D eigenvalue weighted by molar-refractivity contribution is 0.495. The van der Waals surface area contributed by atoms with Gasteiger partial charge in [-0.3, -0.25) is 11.3 Å². The van der Waals surface area contributed by atoms with Crippen LogP contribution < -0.4 is 11.3 Å². The number of nitrogens with one attached hydrogen (secondary N) is 1. The van der Waals surface area contributed by atoms with Gasteiger partial charge in [0.15, 0.2) is 0 Å². The number of rotatable bonds is 5. The molecule has 0 amide bonds. The predicted molar refractivity (Wildman–Crippen MR) is 68.5 cm³/mol. The van der Waals surface area contributed by atoms with Crippen molar-refractivity contribution in [3.63, 3.8) is 0 Å². The summed E-state index contributed by atoms with van der Waals surface area (Å²) in [5.41, 5.74) is 5.41. The minimum atomic E-state index is 0.265. The van der Waals surface area contributed by atoms with E-state index in [1.165, 1.54) is 24.0 Å². The number of halogens is 1. The molecule has 0 heterocycles. The summed E-state index contributed by atoms with van der Waals surface area (Å²) in [6, 6.07) is 6.69. The van der Waals surface area contributed by atoms with E-state index in [1.54, 1.807) is 0 Å². The Morgan fingerprint density at radius 1 is 1.40 bits per heavy atom. The SMILES string of the molecule is CCCCC(NN)c1cc(C)cc(Br)c1. The molecular formula is C12H19BrN2. The molecule has 0 aliphatic heterocycles. The first-order valence-electron chi connectivity index (χ1n) is 5.40. The summed E-state index contributed by atoms with van der Waals surface area (Å²) in [6.45, 7) is 4.29. The van der Waals surface area contributed by atoms with Gasteiger partial charge in [0, 0.05) is 10.5 Å². The summed E-state index contributed by atoms with van der Waals surface area (Å²) in [7, 11) is 0. The monoisotopic (exact) mass is 270 g/mol. The summed E-state index contributed by atoms with van der Waals surface area (Å²) < 4.78 is 1.12. The zero-order valence-corrected chi connectivity index (χ0v) is 11.0. The summed E-state index contributed by atoms with van der Waals surface area (Å²) in [5, 5.41) is 0. The molecule has 0 aliphatic carbocycles. The van der Waals surface area contributed by atoms with E-state index in [1.807, 2.05) is 0 Å². The maximum Gasteiger partial charge on any atom is 0.0460 e. The van der Waals surface area contributed by atoms with Crippen molar-refractivity contribution in [1.82, 2.24) is 5.43 Å². The molecule has 1 aromatic rings. The van der Waals surface area contributed by atoms with Crippen LogP contribution in [0.15, 0.2) is 22.7 Å². The van der Waals surface area contributed by atoms with E-state index in [9.17, 15) is 0 Å². The molecule has 0 radical (unpaired) electrons. The van der Waals surface area contributed by atoms with E-state index in [0.717, 1.165) is 10.9 Å². The van der Waals surface area contributed by atoms with Crippen LogP contribution in [-0.2, 0) is 0 Å². The van der Waals surface area contributed by atoms with Crippen LogP contribution >= 0.6 is 15.9 Å². The minimum Gasteiger partial charge on any atom is -0.271 e. The topological polar surface area (TPSA) is 38.0 Å². The van der Waals surface area contributed by atoms with Crippen molar-refractivity contribution in [1.29, 1.82) is 0 Å². The maximum absolute atomic E-state index is 5.58. The molecule has 0 spiro atoms. The van der Waals surface area contributed by atoms with Gasteiger partial charge in [-0.25, -0.2) is 0 Å². The second kappa shape index (κ2) is 6.26. The number of benzene rings is 1. The Hall–Kier alpha value is -0.380. The molecule has 1 unspecified atom stereocenters. The van der Waals surface area contributed by atoms with Crippen molar-refractivity contribution >= 4 is 15.9 Å². The second-order valence-electron chi connectivity index (χ2n) is 3.92. The quantitative estimate of drug-likeness (QED) is 0.636. The van der Waals surface area contributed by atoms with Crippen LogP contribution in [0.25, 0.3) is 0 Å². The van der Waals surface area contributed by atoms with Gasteiger partial charge in [0.2, 0.25) is 0 Å². The summed E-state index contributed by atoms with van der Waals surface area (Å²) in [6.07, 6.45) is 3.48. The molecule has 0 bridgehead atoms. The summed E-state index contributed by atoms with van der Waals surface area (Å²) >= 11 is 3.51. The first kappa shape index (κ1) is 12.7. The van der Waals surface area contributed by atoms with Crippen molar-refractivity contribution in [2.45, 2.75) is 39.2 Å². The van der Waals surface area contributed by atoms with Gasteiger partial charge in [0.25, 0.3) is 0 Å². The van der Waals surface area contributed by atoms with Gasteiger partial charge in [0.1, 0.15) is 0 Å². The van der Waals surface area contributed by atoms with E-state index in [4.69, 9.17) is 5.84 Å². The molecule has 1 aromatic carbocycles. The van der Waals surface area contributed by atoms with Crippen LogP contribution in [0, 0.1) is 6.92 Å². The fraction of sp³-hybridized carbons (Fsp3) is 0.500. The van der Waals surface area contributed by atoms with Crippen LogP contribution in [0.1, 0.15) is 43.4 Å². The van der Waals surface area contributed by atoms with Crippen molar-refractivity contribution < 1.29 is 0 Å². The van der Waals surface area contributed by atoms with E-state index in [2.05, 4.69) is 53.4 Å². The Balaban J connectivity index is 2.81. The van der Waals surface area contributed by atoms with Crippen LogP contribution in [0.2, 0.25) is 0 Å². The van der Waals surface area contributed by atoms with Gasteiger partial charge in [-0.15, -0.1) is 0 Å². The average molecular weight is 271 g/mol. The fourth-order valence-corrected chi connectivity index (χ4v) is 2.35. The lowest BCUT2D eigenvalue weighted by Gasteiger charge is -2.16. The second-order valence-corrected chi connectivity index (χ2v) is 4.84. The van der Waals surface area contributed by atoms with Crippen molar-refractivity contribution in [3.05, 3.63) is 33.8 Å². The van der Waals surface area contributed by atoms with Crippen LogP contribution in [0.4, 0.5) is 0 Å². The largest absolute Gasteiger partial charge is 0.271 e. The molecule has 15 heavy (non-hydrogen) atoms. The van der Waals surface area contributed by atoms with Gasteiger partial charge < -0.3 is 0 Å². The molecule has 0 aromatic heterocycles. The van der Waals surface area contributed by atoms with Crippen molar-refractivity contribution in [2.24, 2.45) is 5.84 Å². The van der Waals surface area contributed by atoms with Crippen molar-refractivity contribution in [2.75, 3.05) is 0 Å². The first-order chi connectivity index (χ1) is 7.17. The average Bonchev–Trinajstić information content (AvgIpc) is 2.17. The number of nitrogens with two attached hydrogens (primary N) is 1. The Bertz CT molecular complexity index is 292. The Labute approximate surface area is 100 Å². The van der Waals surface area contributed by atoms with E-state index in [0.29, 0.717) is 0 Å². The van der Waals surface area contributed by atoms with Gasteiger partial charge >= 0.3 is 0 Å². The highest BCUT2D eigenvalue weighted by atomic mass is 79.9. The zero-order chi connectivity index (χ0) is 11.3. The van der Waals surface area contributed by atoms with E-state index in [-0.39, 0.29) is 6.04 Å². The molecule has 0 aliphatic rings. The Morgan fingerprint density at radius 3 is 2.67 bits per heavy atom. The molecule has 3 N–H and O–H groups in total. The standard InChI is InChI=1S/C12H19BrN2/c1-3-4-5-12(15-14)10-6-9(2)7-11(13)8-10/h6-8,12,15H,3-5,14H2,1-2H3. The third-order valence-electron chi connectivity index (χ3n) is 2.51. The highest BCUT2D eigenvalue weighted by molar-refractivity contribution is 9.10. The lowest BCUT2D eigenvalue weighted by atomic mass is 10.0. The molecule has 0 fully saturated rings. The number of unbranched alkanes of at least 4 members (excludes halogenated alkanes) is 1. The summed E-state index contributed by atoms with van der Waals surface area (Å²) in [5.74, 6) is 5.58. The molecule has 2 nitrogen and oxygen atoms in total. The molecule has 84 valence electrons. The lowest BCUT2D eigenvalue weighted by Crippen LogP contribution is -2.28. The highest BCUT2D eigenvalue weighted by Gasteiger charge is 2.09. The van der Waals surface area contributed by atoms with Gasteiger partial charge in [-0.05, 0) is 36.6 Å². The van der Waals surface area contributed by atoms with Crippen molar-refractivity contribution in [3.8, 4) is 0 Å². The van der Waals surface area contributed by atoms with Crippen LogP contribution in [0.5, 0.6) is 0 Å². The molecule has 1 atom stereocenters. The van der Waals surface area contributed by atoms with E-state index < -0.39 is 0 Å². The van der Waals surface area contributed by atoms with E-state index >= 15 is 0 Å². The van der Waals surface area contributed by atoms with Gasteiger partial charge in [-0.1, -0.05) is 41.8 Å².